The predicted octanol–water partition coefficient (Wildman–Crippen LogP) is 4.63. The molecule has 21 heavy (non-hydrogen) atoms. The van der Waals surface area contributed by atoms with Crippen LogP contribution in [0.1, 0.15) is 22.3 Å². The van der Waals surface area contributed by atoms with Crippen LogP contribution in [0.3, 0.4) is 0 Å². The van der Waals surface area contributed by atoms with Crippen LogP contribution in [0.25, 0.3) is 11.1 Å². The molecular weight excluding hydrogens is 280 g/mol. The van der Waals surface area contributed by atoms with Gasteiger partial charge in [0.15, 0.2) is 5.58 Å². The maximum Gasteiger partial charge on any atom is 0.257 e. The van der Waals surface area contributed by atoms with Crippen molar-refractivity contribution in [2.45, 2.75) is 31.7 Å². The van der Waals surface area contributed by atoms with Gasteiger partial charge in [-0.3, -0.25) is 0 Å². The van der Waals surface area contributed by atoms with Gasteiger partial charge in [0.05, 0.1) is 0 Å². The minimum Gasteiger partial charge on any atom is -0.431 e. The molecule has 4 heteroatoms. The molecular formula is C17H18N2OS. The minimum atomic E-state index is 0.690. The molecule has 3 aromatic rings. The first kappa shape index (κ1) is 14.0. The van der Waals surface area contributed by atoms with Crippen molar-refractivity contribution in [1.82, 2.24) is 4.98 Å². The van der Waals surface area contributed by atoms with E-state index in [1.807, 2.05) is 18.2 Å². The van der Waals surface area contributed by atoms with E-state index in [4.69, 9.17) is 10.2 Å². The zero-order chi connectivity index (χ0) is 15.0. The summed E-state index contributed by atoms with van der Waals surface area (Å²) >= 11 is 1.62. The van der Waals surface area contributed by atoms with Crippen LogP contribution in [0.2, 0.25) is 0 Å². The van der Waals surface area contributed by atoms with E-state index >= 15 is 0 Å². The largest absolute Gasteiger partial charge is 0.431 e. The Balaban J connectivity index is 1.83. The molecule has 0 saturated carbocycles. The SMILES string of the molecule is Cc1cc(C)c(CSc2nc3cc(N)ccc3o2)c(C)c1. The number of aryl methyl sites for hydroxylation is 3. The van der Waals surface area contributed by atoms with Crippen LogP contribution in [0, 0.1) is 20.8 Å². The number of hydrogen-bond donors (Lipinski definition) is 1. The quantitative estimate of drug-likeness (QED) is 0.566. The summed E-state index contributed by atoms with van der Waals surface area (Å²) in [6.45, 7) is 6.44. The van der Waals surface area contributed by atoms with E-state index in [2.05, 4.69) is 37.9 Å². The Labute approximate surface area is 128 Å². The lowest BCUT2D eigenvalue weighted by molar-refractivity contribution is 0.489. The molecule has 0 spiro atoms. The van der Waals surface area contributed by atoms with Gasteiger partial charge in [-0.1, -0.05) is 29.5 Å². The number of nitrogens with two attached hydrogens (primary N) is 1. The molecule has 2 N–H and O–H groups in total. The van der Waals surface area contributed by atoms with E-state index in [0.717, 1.165) is 16.9 Å². The number of fused-ring (bicyclic) bond motifs is 1. The summed E-state index contributed by atoms with van der Waals surface area (Å²) in [6, 6.07) is 9.97. The summed E-state index contributed by atoms with van der Waals surface area (Å²) in [6.07, 6.45) is 0. The summed E-state index contributed by atoms with van der Waals surface area (Å²) in [7, 11) is 0. The molecule has 0 aliphatic carbocycles. The minimum absolute atomic E-state index is 0.690. The van der Waals surface area contributed by atoms with Gasteiger partial charge >= 0.3 is 0 Å². The predicted molar refractivity (Wildman–Crippen MR) is 88.6 cm³/mol. The van der Waals surface area contributed by atoms with E-state index in [1.54, 1.807) is 11.8 Å². The Hall–Kier alpha value is -1.94. The molecule has 0 amide bonds. The number of aromatic nitrogens is 1. The summed E-state index contributed by atoms with van der Waals surface area (Å²) in [4.78, 5) is 4.48. The maximum atomic E-state index is 5.76. The van der Waals surface area contributed by atoms with Gasteiger partial charge in [-0.15, -0.1) is 0 Å². The number of hydrogen-bond acceptors (Lipinski definition) is 4. The van der Waals surface area contributed by atoms with Crippen molar-refractivity contribution in [2.75, 3.05) is 5.73 Å². The first-order chi connectivity index (χ1) is 10.0. The number of benzene rings is 2. The molecule has 0 saturated heterocycles. The summed E-state index contributed by atoms with van der Waals surface area (Å²) < 4.78 is 5.74. The van der Waals surface area contributed by atoms with Crippen LogP contribution in [0.5, 0.6) is 0 Å². The monoisotopic (exact) mass is 298 g/mol. The molecule has 3 rings (SSSR count). The van der Waals surface area contributed by atoms with Crippen LogP contribution in [-0.2, 0) is 5.75 Å². The van der Waals surface area contributed by atoms with Gasteiger partial charge in [0.1, 0.15) is 5.52 Å². The average Bonchev–Trinajstić information content (AvgIpc) is 2.79. The number of oxazole rings is 1. The molecule has 0 fully saturated rings. The van der Waals surface area contributed by atoms with Gasteiger partial charge in [0, 0.05) is 11.4 Å². The summed E-state index contributed by atoms with van der Waals surface area (Å²) in [5.41, 5.74) is 13.4. The van der Waals surface area contributed by atoms with Crippen molar-refractivity contribution >= 4 is 28.5 Å². The zero-order valence-corrected chi connectivity index (χ0v) is 13.3. The highest BCUT2D eigenvalue weighted by molar-refractivity contribution is 7.98. The van der Waals surface area contributed by atoms with Crippen LogP contribution >= 0.6 is 11.8 Å². The Morgan fingerprint density at radius 1 is 1.10 bits per heavy atom. The fraction of sp³-hybridized carbons (Fsp3) is 0.235. The molecule has 0 bridgehead atoms. The van der Waals surface area contributed by atoms with E-state index in [0.29, 0.717) is 10.9 Å². The van der Waals surface area contributed by atoms with Crippen LogP contribution in [-0.4, -0.2) is 4.98 Å². The van der Waals surface area contributed by atoms with Crippen LogP contribution in [0.15, 0.2) is 40.0 Å². The lowest BCUT2D eigenvalue weighted by atomic mass is 10.0. The topological polar surface area (TPSA) is 52.0 Å². The van der Waals surface area contributed by atoms with Gasteiger partial charge in [-0.05, 0) is 55.7 Å². The second-order valence-electron chi connectivity index (χ2n) is 5.37. The van der Waals surface area contributed by atoms with Gasteiger partial charge in [-0.25, -0.2) is 4.98 Å². The number of anilines is 1. The lowest BCUT2D eigenvalue weighted by Gasteiger charge is -2.09. The standard InChI is InChI=1S/C17H18N2OS/c1-10-6-11(2)14(12(3)7-10)9-21-17-19-15-8-13(18)4-5-16(15)20-17/h4-8H,9,18H2,1-3H3. The third kappa shape index (κ3) is 2.90. The van der Waals surface area contributed by atoms with Crippen molar-refractivity contribution in [3.8, 4) is 0 Å². The first-order valence-corrected chi connectivity index (χ1v) is 7.87. The highest BCUT2D eigenvalue weighted by Gasteiger charge is 2.09. The van der Waals surface area contributed by atoms with Crippen molar-refractivity contribution < 1.29 is 4.42 Å². The Morgan fingerprint density at radius 2 is 1.81 bits per heavy atom. The Bertz CT molecular complexity index is 785. The van der Waals surface area contributed by atoms with Crippen LogP contribution < -0.4 is 5.73 Å². The highest BCUT2D eigenvalue weighted by Crippen LogP contribution is 2.29. The maximum absolute atomic E-state index is 5.76. The number of rotatable bonds is 3. The molecule has 0 unspecified atom stereocenters. The zero-order valence-electron chi connectivity index (χ0n) is 12.4. The van der Waals surface area contributed by atoms with Gasteiger partial charge in [-0.2, -0.15) is 0 Å². The van der Waals surface area contributed by atoms with E-state index in [9.17, 15) is 0 Å². The van der Waals surface area contributed by atoms with E-state index in [1.165, 1.54) is 22.3 Å². The molecule has 0 radical (unpaired) electrons. The molecule has 108 valence electrons. The molecule has 1 heterocycles. The van der Waals surface area contributed by atoms with E-state index < -0.39 is 0 Å². The third-order valence-electron chi connectivity index (χ3n) is 3.57. The Morgan fingerprint density at radius 3 is 2.52 bits per heavy atom. The smallest absolute Gasteiger partial charge is 0.257 e. The van der Waals surface area contributed by atoms with Crippen molar-refractivity contribution in [3.05, 3.63) is 52.6 Å². The lowest BCUT2D eigenvalue weighted by Crippen LogP contribution is -1.93. The third-order valence-corrected chi connectivity index (χ3v) is 4.43. The second kappa shape index (κ2) is 5.45. The molecule has 0 aliphatic heterocycles. The van der Waals surface area contributed by atoms with Crippen molar-refractivity contribution in [1.29, 1.82) is 0 Å². The van der Waals surface area contributed by atoms with Gasteiger partial charge < -0.3 is 10.2 Å². The average molecular weight is 298 g/mol. The molecule has 0 atom stereocenters. The fourth-order valence-corrected chi connectivity index (χ4v) is 3.59. The van der Waals surface area contributed by atoms with Gasteiger partial charge in [0.25, 0.3) is 5.22 Å². The Kier molecular flexibility index (Phi) is 3.64. The molecule has 1 aromatic heterocycles. The van der Waals surface area contributed by atoms with Crippen LogP contribution in [0.4, 0.5) is 5.69 Å². The van der Waals surface area contributed by atoms with Crippen molar-refractivity contribution in [3.63, 3.8) is 0 Å². The molecule has 0 aliphatic rings. The normalized spacial score (nSPS) is 11.2. The second-order valence-corrected chi connectivity index (χ2v) is 6.30. The number of thioether (sulfide) groups is 1. The first-order valence-electron chi connectivity index (χ1n) is 6.88. The summed E-state index contributed by atoms with van der Waals surface area (Å²) in [5.74, 6) is 0.861. The molecule has 2 aromatic carbocycles. The van der Waals surface area contributed by atoms with E-state index in [-0.39, 0.29) is 0 Å². The number of nitrogens with zero attached hydrogens (tertiary/aromatic N) is 1. The highest BCUT2D eigenvalue weighted by atomic mass is 32.2. The summed E-state index contributed by atoms with van der Waals surface area (Å²) in [5, 5.41) is 0.690. The molecule has 3 nitrogen and oxygen atoms in total. The van der Waals surface area contributed by atoms with Crippen molar-refractivity contribution in [2.24, 2.45) is 0 Å². The van der Waals surface area contributed by atoms with Gasteiger partial charge in [0.2, 0.25) is 0 Å². The fourth-order valence-electron chi connectivity index (χ4n) is 2.56. The number of nitrogen functional groups attached to an aromatic ring is 1.